The third-order valence-electron chi connectivity index (χ3n) is 4.27. The second kappa shape index (κ2) is 6.96. The van der Waals surface area contributed by atoms with E-state index >= 15 is 0 Å². The molecule has 3 N–H and O–H groups in total. The summed E-state index contributed by atoms with van der Waals surface area (Å²) in [5, 5.41) is 3.50. The third-order valence-corrected chi connectivity index (χ3v) is 5.85. The maximum absolute atomic E-state index is 12.6. The molecule has 2 aromatic heterocycles. The molecule has 9 heteroatoms. The van der Waals surface area contributed by atoms with Crippen LogP contribution in [0.4, 0.5) is 5.82 Å². The monoisotopic (exact) mass is 354 g/mol. The molecule has 0 radical (unpaired) electrons. The molecule has 0 aromatic carbocycles. The fourth-order valence-corrected chi connectivity index (χ4v) is 4.34. The van der Waals surface area contributed by atoms with Crippen LogP contribution in [0.15, 0.2) is 32.2 Å². The lowest BCUT2D eigenvalue weighted by Crippen LogP contribution is -2.40. The molecule has 1 atom stereocenters. The molecule has 2 aromatic rings. The zero-order valence-electron chi connectivity index (χ0n) is 13.6. The number of nitrogen functional groups attached to an aromatic ring is 1. The molecule has 132 valence electrons. The number of furan rings is 1. The van der Waals surface area contributed by atoms with Gasteiger partial charge in [0.15, 0.2) is 16.5 Å². The van der Waals surface area contributed by atoms with Crippen LogP contribution in [0.2, 0.25) is 0 Å². The number of anilines is 1. The first-order valence-corrected chi connectivity index (χ1v) is 9.46. The quantitative estimate of drug-likeness (QED) is 0.810. The van der Waals surface area contributed by atoms with Crippen LogP contribution in [0.3, 0.4) is 0 Å². The maximum Gasteiger partial charge on any atom is 0.247 e. The third kappa shape index (κ3) is 3.47. The molecule has 1 unspecified atom stereocenters. The Morgan fingerprint density at radius 1 is 1.38 bits per heavy atom. The fraction of sp³-hybridized carbons (Fsp3) is 0.533. The van der Waals surface area contributed by atoms with Crippen molar-refractivity contribution in [3.63, 3.8) is 0 Å². The number of hydrogen-bond acceptors (Lipinski definition) is 7. The zero-order valence-corrected chi connectivity index (χ0v) is 14.4. The molecule has 8 nitrogen and oxygen atoms in total. The Kier molecular flexibility index (Phi) is 4.93. The Labute approximate surface area is 141 Å². The van der Waals surface area contributed by atoms with Crippen molar-refractivity contribution in [2.45, 2.75) is 37.1 Å². The van der Waals surface area contributed by atoms with Crippen LogP contribution in [-0.2, 0) is 10.0 Å². The van der Waals surface area contributed by atoms with E-state index in [1.54, 1.807) is 6.26 Å². The minimum Gasteiger partial charge on any atom is -0.468 e. The summed E-state index contributed by atoms with van der Waals surface area (Å²) in [5.41, 5.74) is 5.62. The molecule has 1 aliphatic heterocycles. The summed E-state index contributed by atoms with van der Waals surface area (Å²) in [4.78, 5) is 2.15. The Bertz CT molecular complexity index is 744. The number of sulfonamides is 1. The summed E-state index contributed by atoms with van der Waals surface area (Å²) in [6.07, 6.45) is 5.00. The largest absolute Gasteiger partial charge is 0.468 e. The summed E-state index contributed by atoms with van der Waals surface area (Å²) in [7, 11) is -3.80. The highest BCUT2D eigenvalue weighted by molar-refractivity contribution is 7.89. The van der Waals surface area contributed by atoms with E-state index in [9.17, 15) is 8.42 Å². The first kappa shape index (κ1) is 17.0. The number of nitrogens with one attached hydrogen (secondary N) is 1. The van der Waals surface area contributed by atoms with E-state index in [1.165, 1.54) is 13.3 Å². The second-order valence-electron chi connectivity index (χ2n) is 5.93. The van der Waals surface area contributed by atoms with Crippen LogP contribution < -0.4 is 10.5 Å². The number of nitrogens with two attached hydrogens (primary N) is 1. The molecule has 3 heterocycles. The average Bonchev–Trinajstić information content (AvgIpc) is 3.19. The predicted octanol–water partition coefficient (Wildman–Crippen LogP) is 1.66. The number of rotatable bonds is 6. The number of piperidine rings is 1. The van der Waals surface area contributed by atoms with Gasteiger partial charge in [0.05, 0.1) is 12.3 Å². The summed E-state index contributed by atoms with van der Waals surface area (Å²) in [6.45, 7) is 3.55. The van der Waals surface area contributed by atoms with Gasteiger partial charge in [-0.3, -0.25) is 4.90 Å². The van der Waals surface area contributed by atoms with Crippen molar-refractivity contribution in [3.8, 4) is 0 Å². The van der Waals surface area contributed by atoms with E-state index in [2.05, 4.69) is 14.8 Å². The standard InChI is InChI=1S/C15H22N4O4S/c1-11-14(15(16)18-23-11)24(20,21)17-10-12(13-6-5-9-22-13)19-7-3-2-4-8-19/h5-6,9,12,17H,2-4,7-8,10H2,1H3,(H2,16,18). The van der Waals surface area contributed by atoms with Crippen molar-refractivity contribution in [1.29, 1.82) is 0 Å². The number of aromatic nitrogens is 1. The van der Waals surface area contributed by atoms with Gasteiger partial charge in [0.25, 0.3) is 0 Å². The number of hydrogen-bond donors (Lipinski definition) is 2. The van der Waals surface area contributed by atoms with Gasteiger partial charge in [0.2, 0.25) is 10.0 Å². The molecule has 0 amide bonds. The van der Waals surface area contributed by atoms with Gasteiger partial charge < -0.3 is 14.7 Å². The molecule has 0 aliphatic carbocycles. The van der Waals surface area contributed by atoms with Gasteiger partial charge in [-0.05, 0) is 45.0 Å². The summed E-state index contributed by atoms with van der Waals surface area (Å²) in [6, 6.07) is 3.52. The minimum atomic E-state index is -3.80. The van der Waals surface area contributed by atoms with Crippen LogP contribution in [0.5, 0.6) is 0 Å². The summed E-state index contributed by atoms with van der Waals surface area (Å²) < 4.78 is 38.1. The van der Waals surface area contributed by atoms with Crippen molar-refractivity contribution in [3.05, 3.63) is 29.9 Å². The molecule has 1 saturated heterocycles. The van der Waals surface area contributed by atoms with E-state index in [0.717, 1.165) is 31.7 Å². The Morgan fingerprint density at radius 2 is 2.12 bits per heavy atom. The molecule has 0 spiro atoms. The molecule has 24 heavy (non-hydrogen) atoms. The van der Waals surface area contributed by atoms with Crippen molar-refractivity contribution in [2.24, 2.45) is 0 Å². The zero-order chi connectivity index (χ0) is 17.2. The highest BCUT2D eigenvalue weighted by atomic mass is 32.2. The van der Waals surface area contributed by atoms with Gasteiger partial charge in [0, 0.05) is 6.54 Å². The van der Waals surface area contributed by atoms with Crippen LogP contribution in [0.25, 0.3) is 0 Å². The van der Waals surface area contributed by atoms with Crippen molar-refractivity contribution in [1.82, 2.24) is 14.8 Å². The Hall–Kier alpha value is -1.84. The molecular weight excluding hydrogens is 332 g/mol. The van der Waals surface area contributed by atoms with Gasteiger partial charge in [-0.1, -0.05) is 11.6 Å². The van der Waals surface area contributed by atoms with Gasteiger partial charge >= 0.3 is 0 Å². The predicted molar refractivity (Wildman–Crippen MR) is 87.7 cm³/mol. The highest BCUT2D eigenvalue weighted by Crippen LogP contribution is 2.26. The van der Waals surface area contributed by atoms with E-state index in [4.69, 9.17) is 14.7 Å². The van der Waals surface area contributed by atoms with E-state index in [1.807, 2.05) is 12.1 Å². The fourth-order valence-electron chi connectivity index (χ4n) is 3.09. The first-order valence-electron chi connectivity index (χ1n) is 7.98. The van der Waals surface area contributed by atoms with Crippen LogP contribution >= 0.6 is 0 Å². The molecule has 1 fully saturated rings. The van der Waals surface area contributed by atoms with Crippen LogP contribution in [0.1, 0.15) is 36.8 Å². The maximum atomic E-state index is 12.6. The number of likely N-dealkylation sites (tertiary alicyclic amines) is 1. The molecule has 0 saturated carbocycles. The number of nitrogens with zero attached hydrogens (tertiary/aromatic N) is 2. The summed E-state index contributed by atoms with van der Waals surface area (Å²) >= 11 is 0. The van der Waals surface area contributed by atoms with Crippen LogP contribution in [0, 0.1) is 6.92 Å². The number of aryl methyl sites for hydroxylation is 1. The lowest BCUT2D eigenvalue weighted by molar-refractivity contribution is 0.147. The van der Waals surface area contributed by atoms with E-state index in [0.29, 0.717) is 0 Å². The van der Waals surface area contributed by atoms with Gasteiger partial charge in [-0.25, -0.2) is 13.1 Å². The van der Waals surface area contributed by atoms with Gasteiger partial charge in [0.1, 0.15) is 5.76 Å². The van der Waals surface area contributed by atoms with Gasteiger partial charge in [-0.2, -0.15) is 0 Å². The minimum absolute atomic E-state index is 0.0978. The highest BCUT2D eigenvalue weighted by Gasteiger charge is 2.29. The topological polar surface area (TPSA) is 115 Å². The van der Waals surface area contributed by atoms with Crippen molar-refractivity contribution < 1.29 is 17.4 Å². The SMILES string of the molecule is Cc1onc(N)c1S(=O)(=O)NCC(c1ccco1)N1CCCCC1. The molecule has 1 aliphatic rings. The first-order chi connectivity index (χ1) is 11.5. The molecule has 0 bridgehead atoms. The van der Waals surface area contributed by atoms with Crippen molar-refractivity contribution in [2.75, 3.05) is 25.4 Å². The Morgan fingerprint density at radius 3 is 2.71 bits per heavy atom. The van der Waals surface area contributed by atoms with E-state index in [-0.39, 0.29) is 29.1 Å². The van der Waals surface area contributed by atoms with Crippen LogP contribution in [-0.4, -0.2) is 38.1 Å². The average molecular weight is 354 g/mol. The lowest BCUT2D eigenvalue weighted by atomic mass is 10.1. The van der Waals surface area contributed by atoms with Gasteiger partial charge in [-0.15, -0.1) is 0 Å². The smallest absolute Gasteiger partial charge is 0.247 e. The lowest BCUT2D eigenvalue weighted by Gasteiger charge is -2.33. The second-order valence-corrected chi connectivity index (χ2v) is 7.64. The molecular formula is C15H22N4O4S. The van der Waals surface area contributed by atoms with Crippen molar-refractivity contribution >= 4 is 15.8 Å². The Balaban J connectivity index is 1.78. The normalized spacial score (nSPS) is 17.9. The summed E-state index contributed by atoms with van der Waals surface area (Å²) in [5.74, 6) is 0.787. The van der Waals surface area contributed by atoms with E-state index < -0.39 is 10.0 Å². The molecule has 3 rings (SSSR count).